The lowest BCUT2D eigenvalue weighted by Gasteiger charge is -2.35. The summed E-state index contributed by atoms with van der Waals surface area (Å²) in [5.41, 5.74) is 0.184. The van der Waals surface area contributed by atoms with Gasteiger partial charge in [-0.05, 0) is 53.9 Å². The lowest BCUT2D eigenvalue weighted by molar-refractivity contribution is -0.118. The van der Waals surface area contributed by atoms with E-state index in [4.69, 9.17) is 0 Å². The predicted molar refractivity (Wildman–Crippen MR) is 86.8 cm³/mol. The van der Waals surface area contributed by atoms with E-state index in [-0.39, 0.29) is 5.91 Å². The Bertz CT molecular complexity index is 496. The Kier molecular flexibility index (Phi) is 5.23. The summed E-state index contributed by atoms with van der Waals surface area (Å²) >= 11 is 6.80. The lowest BCUT2D eigenvalue weighted by atomic mass is 9.94. The molecule has 0 aliphatic carbocycles. The number of hydrogen-bond acceptors (Lipinski definition) is 3. The van der Waals surface area contributed by atoms with Gasteiger partial charge in [0, 0.05) is 22.0 Å². The van der Waals surface area contributed by atoms with Crippen molar-refractivity contribution >= 4 is 43.5 Å². The van der Waals surface area contributed by atoms with Gasteiger partial charge >= 0.3 is 0 Å². The molecule has 1 aliphatic heterocycles. The van der Waals surface area contributed by atoms with Crippen LogP contribution in [0, 0.1) is 0 Å². The van der Waals surface area contributed by atoms with Crippen LogP contribution in [0.5, 0.6) is 0 Å². The summed E-state index contributed by atoms with van der Waals surface area (Å²) in [6.45, 7) is 3.71. The molecule has 0 spiro atoms. The number of carbonyl (C=O) groups is 1. The van der Waals surface area contributed by atoms with Crippen molar-refractivity contribution in [3.8, 4) is 0 Å². The monoisotopic (exact) mass is 404 g/mol. The number of aliphatic hydroxyl groups is 1. The molecule has 6 heteroatoms. The zero-order chi connectivity index (χ0) is 14.8. The number of anilines is 1. The van der Waals surface area contributed by atoms with Crippen molar-refractivity contribution < 1.29 is 9.90 Å². The fraction of sp³-hybridized carbons (Fsp3) is 0.500. The molecule has 1 aliphatic rings. The smallest absolute Gasteiger partial charge is 0.238 e. The quantitative estimate of drug-likeness (QED) is 0.812. The van der Waals surface area contributed by atoms with Gasteiger partial charge in [-0.2, -0.15) is 0 Å². The fourth-order valence-electron chi connectivity index (χ4n) is 2.18. The van der Waals surface area contributed by atoms with Gasteiger partial charge in [0.1, 0.15) is 0 Å². The third-order valence-corrected chi connectivity index (χ3v) is 4.65. The van der Waals surface area contributed by atoms with Crippen molar-refractivity contribution in [2.75, 3.05) is 25.0 Å². The zero-order valence-corrected chi connectivity index (χ0v) is 14.5. The number of carbonyl (C=O) groups excluding carboxylic acids is 1. The molecule has 20 heavy (non-hydrogen) atoms. The van der Waals surface area contributed by atoms with Gasteiger partial charge in [0.15, 0.2) is 0 Å². The van der Waals surface area contributed by atoms with E-state index in [1.807, 2.05) is 25.1 Å². The second-order valence-electron chi connectivity index (χ2n) is 5.45. The van der Waals surface area contributed by atoms with Gasteiger partial charge < -0.3 is 10.4 Å². The molecule has 0 atom stereocenters. The molecule has 0 saturated carbocycles. The van der Waals surface area contributed by atoms with Crippen molar-refractivity contribution in [1.82, 2.24) is 4.90 Å². The molecule has 110 valence electrons. The highest BCUT2D eigenvalue weighted by molar-refractivity contribution is 9.11. The standard InChI is InChI=1S/C14H18Br2N2O2/c1-14(20)4-6-18(7-5-14)9-13(19)17-12-3-2-10(15)8-11(12)16/h2-3,8,20H,4-7,9H2,1H3,(H,17,19). The Morgan fingerprint density at radius 2 is 2.05 bits per heavy atom. The van der Waals surface area contributed by atoms with Crippen molar-refractivity contribution in [2.24, 2.45) is 0 Å². The summed E-state index contributed by atoms with van der Waals surface area (Å²) in [5.74, 6) is -0.0328. The van der Waals surface area contributed by atoms with Gasteiger partial charge in [0.05, 0.1) is 17.8 Å². The predicted octanol–water partition coefficient (Wildman–Crippen LogP) is 3.00. The molecule has 0 unspecified atom stereocenters. The van der Waals surface area contributed by atoms with E-state index in [1.54, 1.807) is 0 Å². The molecule has 2 N–H and O–H groups in total. The molecule has 4 nitrogen and oxygen atoms in total. The number of benzene rings is 1. The minimum absolute atomic E-state index is 0.0328. The average molecular weight is 406 g/mol. The van der Waals surface area contributed by atoms with Gasteiger partial charge in [-0.1, -0.05) is 15.9 Å². The molecule has 0 radical (unpaired) electrons. The molecule has 0 aromatic heterocycles. The van der Waals surface area contributed by atoms with Crippen LogP contribution in [-0.2, 0) is 4.79 Å². The minimum Gasteiger partial charge on any atom is -0.390 e. The van der Waals surface area contributed by atoms with E-state index in [2.05, 4.69) is 42.1 Å². The minimum atomic E-state index is -0.582. The van der Waals surface area contributed by atoms with Gasteiger partial charge in [0.2, 0.25) is 5.91 Å². The molecule has 1 saturated heterocycles. The SMILES string of the molecule is CC1(O)CCN(CC(=O)Nc2ccc(Br)cc2Br)CC1. The molecular weight excluding hydrogens is 388 g/mol. The number of amides is 1. The third kappa shape index (κ3) is 4.55. The Balaban J connectivity index is 1.87. The molecule has 2 rings (SSSR count). The summed E-state index contributed by atoms with van der Waals surface area (Å²) in [6, 6.07) is 5.64. The van der Waals surface area contributed by atoms with E-state index >= 15 is 0 Å². The number of nitrogens with one attached hydrogen (secondary N) is 1. The number of nitrogens with zero attached hydrogens (tertiary/aromatic N) is 1. The third-order valence-electron chi connectivity index (χ3n) is 3.51. The highest BCUT2D eigenvalue weighted by Gasteiger charge is 2.28. The molecule has 1 aromatic carbocycles. The highest BCUT2D eigenvalue weighted by Crippen LogP contribution is 2.26. The topological polar surface area (TPSA) is 52.6 Å². The van der Waals surface area contributed by atoms with E-state index in [9.17, 15) is 9.90 Å². The molecule has 0 bridgehead atoms. The van der Waals surface area contributed by atoms with Crippen LogP contribution in [0.1, 0.15) is 19.8 Å². The van der Waals surface area contributed by atoms with Crippen LogP contribution in [0.25, 0.3) is 0 Å². The van der Waals surface area contributed by atoms with E-state index in [0.29, 0.717) is 19.4 Å². The summed E-state index contributed by atoms with van der Waals surface area (Å²) in [7, 11) is 0. The number of rotatable bonds is 3. The van der Waals surface area contributed by atoms with Crippen molar-refractivity contribution in [3.63, 3.8) is 0 Å². The van der Waals surface area contributed by atoms with Crippen molar-refractivity contribution in [2.45, 2.75) is 25.4 Å². The first kappa shape index (κ1) is 15.9. The maximum absolute atomic E-state index is 12.0. The van der Waals surface area contributed by atoms with Crippen molar-refractivity contribution in [3.05, 3.63) is 27.1 Å². The zero-order valence-electron chi connectivity index (χ0n) is 11.3. The Labute approximate surface area is 135 Å². The first-order valence-electron chi connectivity index (χ1n) is 6.55. The van der Waals surface area contributed by atoms with Crippen LogP contribution in [0.3, 0.4) is 0 Å². The Morgan fingerprint density at radius 1 is 1.40 bits per heavy atom. The van der Waals surface area contributed by atoms with E-state index in [0.717, 1.165) is 27.7 Å². The van der Waals surface area contributed by atoms with Crippen LogP contribution in [0.15, 0.2) is 27.1 Å². The number of halogens is 2. The van der Waals surface area contributed by atoms with Crippen molar-refractivity contribution in [1.29, 1.82) is 0 Å². The van der Waals surface area contributed by atoms with Crippen LogP contribution in [0.4, 0.5) is 5.69 Å². The summed E-state index contributed by atoms with van der Waals surface area (Å²) in [4.78, 5) is 14.1. The first-order valence-corrected chi connectivity index (χ1v) is 8.14. The summed E-state index contributed by atoms with van der Waals surface area (Å²) < 4.78 is 1.81. The maximum Gasteiger partial charge on any atom is 0.238 e. The Hall–Kier alpha value is -0.430. The summed E-state index contributed by atoms with van der Waals surface area (Å²) in [6.07, 6.45) is 1.42. The number of hydrogen-bond donors (Lipinski definition) is 2. The van der Waals surface area contributed by atoms with Crippen LogP contribution >= 0.6 is 31.9 Å². The second kappa shape index (κ2) is 6.56. The highest BCUT2D eigenvalue weighted by atomic mass is 79.9. The average Bonchev–Trinajstić information content (AvgIpc) is 2.35. The Morgan fingerprint density at radius 3 is 2.65 bits per heavy atom. The maximum atomic E-state index is 12.0. The largest absolute Gasteiger partial charge is 0.390 e. The molecule has 1 aromatic rings. The van der Waals surface area contributed by atoms with E-state index in [1.165, 1.54) is 0 Å². The molecule has 1 amide bonds. The normalized spacial score (nSPS) is 18.8. The first-order chi connectivity index (χ1) is 9.35. The number of likely N-dealkylation sites (tertiary alicyclic amines) is 1. The van der Waals surface area contributed by atoms with Gasteiger partial charge in [-0.3, -0.25) is 9.69 Å². The molecular formula is C14H18Br2N2O2. The lowest BCUT2D eigenvalue weighted by Crippen LogP contribution is -2.45. The van der Waals surface area contributed by atoms with E-state index < -0.39 is 5.60 Å². The summed E-state index contributed by atoms with van der Waals surface area (Å²) in [5, 5.41) is 12.8. The molecule has 1 heterocycles. The fourth-order valence-corrected chi connectivity index (χ4v) is 3.32. The van der Waals surface area contributed by atoms with Crippen LogP contribution < -0.4 is 5.32 Å². The number of piperidine rings is 1. The van der Waals surface area contributed by atoms with Gasteiger partial charge in [0.25, 0.3) is 0 Å². The van der Waals surface area contributed by atoms with Gasteiger partial charge in [-0.25, -0.2) is 0 Å². The van der Waals surface area contributed by atoms with Crippen LogP contribution in [0.2, 0.25) is 0 Å². The van der Waals surface area contributed by atoms with Gasteiger partial charge in [-0.15, -0.1) is 0 Å². The van der Waals surface area contributed by atoms with Crippen LogP contribution in [-0.4, -0.2) is 41.1 Å². The second-order valence-corrected chi connectivity index (χ2v) is 7.22. The molecule has 1 fully saturated rings.